The second-order valence-electron chi connectivity index (χ2n) is 19.5. The van der Waals surface area contributed by atoms with Crippen LogP contribution in [-0.2, 0) is 41.5 Å². The first-order valence-electron chi connectivity index (χ1n) is 23.2. The summed E-state index contributed by atoms with van der Waals surface area (Å²) in [6.07, 6.45) is 9.41. The summed E-state index contributed by atoms with van der Waals surface area (Å²) in [4.78, 5) is 78.5. The van der Waals surface area contributed by atoms with E-state index in [-0.39, 0.29) is 24.5 Å². The molecule has 0 N–H and O–H groups in total. The molecule has 0 bridgehead atoms. The third-order valence-corrected chi connectivity index (χ3v) is 12.3. The minimum absolute atomic E-state index is 0.250. The van der Waals surface area contributed by atoms with E-state index in [1.165, 1.54) is 61.0 Å². The Morgan fingerprint density at radius 2 is 0.853 bits per heavy atom. The smallest absolute Gasteiger partial charge is 0.414 e. The molecule has 16 heteroatoms. The van der Waals surface area contributed by atoms with Crippen molar-refractivity contribution in [2.45, 2.75) is 169 Å². The van der Waals surface area contributed by atoms with E-state index in [9.17, 15) is 9.59 Å². The topological polar surface area (TPSA) is 179 Å². The van der Waals surface area contributed by atoms with Gasteiger partial charge in [-0.05, 0) is 198 Å². The molecule has 368 valence electrons. The quantitative estimate of drug-likeness (QED) is 0.152. The van der Waals surface area contributed by atoms with Crippen LogP contribution in [0.4, 0.5) is 21.0 Å². The molecule has 0 saturated carbocycles. The van der Waals surface area contributed by atoms with Crippen LogP contribution in [0, 0.1) is 13.8 Å². The van der Waals surface area contributed by atoms with Crippen LogP contribution in [0.15, 0.2) is 57.7 Å². The molecule has 0 saturated heterocycles. The Balaban J connectivity index is 0.000000235. The third kappa shape index (κ3) is 17.7. The van der Waals surface area contributed by atoms with Crippen LogP contribution in [0.2, 0.25) is 0 Å². The number of amides is 2. The normalized spacial score (nSPS) is 18.6. The Kier molecular flexibility index (Phi) is 22.3. The first-order chi connectivity index (χ1) is 31.9. The summed E-state index contributed by atoms with van der Waals surface area (Å²) in [5.41, 5.74) is 10.4. The van der Waals surface area contributed by atoms with E-state index in [2.05, 4.69) is 105 Å². The number of aromatic nitrogens is 4. The van der Waals surface area contributed by atoms with Gasteiger partial charge in [0.05, 0.1) is 22.8 Å². The van der Waals surface area contributed by atoms with Crippen molar-refractivity contribution in [3.05, 3.63) is 103 Å². The molecular weight excluding hydrogens is 996 g/mol. The van der Waals surface area contributed by atoms with Crippen LogP contribution in [0.1, 0.15) is 177 Å². The SMILES string of the molecule is C[C@@H]1CCCc2ccc(Br)nc21.C[C@@H]1CCN(C(=O)OC(C)(C)C)c2ccc(Br)nc21.Cc1ccc2c(n1)[C@H](C)CCC2.Cc1ccc2c(n1)[C@H](C)CCN2C(=O)OC(C)(C)C.O=C=O.O=C=O. The molecule has 0 aromatic carbocycles. The summed E-state index contributed by atoms with van der Waals surface area (Å²) in [5, 5.41) is 0. The van der Waals surface area contributed by atoms with Crippen LogP contribution in [-0.4, -0.2) is 68.7 Å². The van der Waals surface area contributed by atoms with Crippen molar-refractivity contribution in [3.8, 4) is 0 Å². The number of pyridine rings is 4. The van der Waals surface area contributed by atoms with Gasteiger partial charge in [-0.3, -0.25) is 19.8 Å². The number of hydrogen-bond donors (Lipinski definition) is 0. The molecule has 2 aliphatic heterocycles. The van der Waals surface area contributed by atoms with Crippen molar-refractivity contribution in [1.29, 1.82) is 0 Å². The number of carbonyl (C=O) groups is 2. The number of nitrogens with zero attached hydrogens (tertiary/aromatic N) is 6. The van der Waals surface area contributed by atoms with Gasteiger partial charge in [-0.15, -0.1) is 0 Å². The zero-order valence-corrected chi connectivity index (χ0v) is 44.9. The van der Waals surface area contributed by atoms with Crippen LogP contribution >= 0.6 is 31.9 Å². The van der Waals surface area contributed by atoms with E-state index in [4.69, 9.17) is 28.7 Å². The number of rotatable bonds is 0. The van der Waals surface area contributed by atoms with Crippen molar-refractivity contribution < 1.29 is 38.2 Å². The Bertz CT molecular complexity index is 2220. The molecule has 4 atom stereocenters. The van der Waals surface area contributed by atoms with Crippen LogP contribution in [0.3, 0.4) is 0 Å². The minimum Gasteiger partial charge on any atom is -0.443 e. The van der Waals surface area contributed by atoms with Gasteiger partial charge in [0, 0.05) is 47.7 Å². The molecular formula is C52H68Br2N6O8. The zero-order valence-electron chi connectivity index (χ0n) is 41.7. The minimum atomic E-state index is -0.483. The average molecular weight is 1060 g/mol. The summed E-state index contributed by atoms with van der Waals surface area (Å²) in [7, 11) is 0. The van der Waals surface area contributed by atoms with Gasteiger partial charge in [0.2, 0.25) is 0 Å². The molecule has 2 aliphatic carbocycles. The van der Waals surface area contributed by atoms with E-state index < -0.39 is 11.2 Å². The van der Waals surface area contributed by atoms with Gasteiger partial charge in [0.15, 0.2) is 0 Å². The lowest BCUT2D eigenvalue weighted by Crippen LogP contribution is -2.40. The lowest BCUT2D eigenvalue weighted by Gasteiger charge is -2.33. The molecule has 68 heavy (non-hydrogen) atoms. The number of aryl methyl sites for hydroxylation is 4. The predicted octanol–water partition coefficient (Wildman–Crippen LogP) is 12.7. The van der Waals surface area contributed by atoms with Gasteiger partial charge < -0.3 is 9.47 Å². The average Bonchev–Trinajstić information content (AvgIpc) is 3.25. The highest BCUT2D eigenvalue weighted by Gasteiger charge is 2.32. The molecule has 2 amide bonds. The first kappa shape index (κ1) is 57.2. The zero-order chi connectivity index (χ0) is 50.9. The Morgan fingerprint density at radius 1 is 0.529 bits per heavy atom. The molecule has 4 aliphatic rings. The van der Waals surface area contributed by atoms with E-state index in [1.807, 2.05) is 78.8 Å². The van der Waals surface area contributed by atoms with Crippen molar-refractivity contribution in [1.82, 2.24) is 19.9 Å². The highest BCUT2D eigenvalue weighted by Crippen LogP contribution is 2.37. The van der Waals surface area contributed by atoms with Gasteiger partial charge in [0.1, 0.15) is 20.4 Å². The van der Waals surface area contributed by atoms with Gasteiger partial charge in [-0.25, -0.2) is 19.6 Å². The maximum atomic E-state index is 12.2. The second-order valence-corrected chi connectivity index (χ2v) is 21.1. The third-order valence-electron chi connectivity index (χ3n) is 11.5. The standard InChI is InChI=1S/C15H22N2O2.C14H19BrN2O2.C11H15N.C10H12BrN.2CO2/c1-10-8-9-17(14(18)19-15(3,4)5)12-7-6-11(2)16-13(10)12;1-9-7-8-17(13(18)19-14(2,3)4)10-5-6-11(15)16-12(9)10;1-8-4-3-5-10-7-6-9(2)12-11(8)10;1-7-3-2-4-8-5-6-9(11)12-10(7)8;2*2-1-3/h6-7,10H,8-9H2,1-5H3;5-6,9H,7-8H2,1-4H3;6-8H,3-5H2,1-2H3;5-7H,2-4H2,1H3;;/t10-;9-;8-;7-;;/m1111../s1. The van der Waals surface area contributed by atoms with Gasteiger partial charge in [0.25, 0.3) is 0 Å². The summed E-state index contributed by atoms with van der Waals surface area (Å²) >= 11 is 6.78. The largest absolute Gasteiger partial charge is 0.443 e. The molecule has 0 spiro atoms. The lowest BCUT2D eigenvalue weighted by molar-refractivity contribution is -0.193. The first-order valence-corrected chi connectivity index (χ1v) is 24.8. The Labute approximate surface area is 419 Å². The number of hydrogen-bond acceptors (Lipinski definition) is 12. The lowest BCUT2D eigenvalue weighted by atomic mass is 9.88. The molecule has 6 heterocycles. The van der Waals surface area contributed by atoms with Crippen LogP contribution in [0.5, 0.6) is 0 Å². The van der Waals surface area contributed by atoms with Crippen molar-refractivity contribution in [2.75, 3.05) is 22.9 Å². The van der Waals surface area contributed by atoms with Crippen LogP contribution < -0.4 is 9.80 Å². The summed E-state index contributed by atoms with van der Waals surface area (Å²) in [6, 6.07) is 16.3. The molecule has 4 aromatic rings. The van der Waals surface area contributed by atoms with E-state index in [0.717, 1.165) is 56.2 Å². The van der Waals surface area contributed by atoms with Gasteiger partial charge in [-0.1, -0.05) is 39.8 Å². The Morgan fingerprint density at radius 3 is 1.29 bits per heavy atom. The van der Waals surface area contributed by atoms with E-state index in [1.54, 1.807) is 9.80 Å². The monoisotopic (exact) mass is 1060 g/mol. The fraction of sp³-hybridized carbons (Fsp3) is 0.538. The number of fused-ring (bicyclic) bond motifs is 4. The predicted molar refractivity (Wildman–Crippen MR) is 268 cm³/mol. The second kappa shape index (κ2) is 26.6. The number of ether oxygens (including phenoxy) is 2. The number of anilines is 2. The molecule has 0 unspecified atom stereocenters. The summed E-state index contributed by atoms with van der Waals surface area (Å²) in [5.74, 6) is 2.06. The summed E-state index contributed by atoms with van der Waals surface area (Å²) in [6.45, 7) is 25.5. The van der Waals surface area contributed by atoms with Gasteiger partial charge >= 0.3 is 24.5 Å². The highest BCUT2D eigenvalue weighted by atomic mass is 79.9. The number of halogens is 2. The Hall–Kier alpha value is -5.14. The number of carbonyl (C=O) groups excluding carboxylic acids is 6. The van der Waals surface area contributed by atoms with E-state index in [0.29, 0.717) is 36.8 Å². The van der Waals surface area contributed by atoms with Crippen LogP contribution in [0.25, 0.3) is 0 Å². The van der Waals surface area contributed by atoms with E-state index >= 15 is 0 Å². The van der Waals surface area contributed by atoms with Crippen molar-refractivity contribution in [2.24, 2.45) is 0 Å². The fourth-order valence-electron chi connectivity index (χ4n) is 8.20. The highest BCUT2D eigenvalue weighted by molar-refractivity contribution is 9.10. The molecule has 8 rings (SSSR count). The molecule has 4 aromatic heterocycles. The maximum Gasteiger partial charge on any atom is 0.414 e. The summed E-state index contributed by atoms with van der Waals surface area (Å²) < 4.78 is 12.7. The maximum absolute atomic E-state index is 12.2. The van der Waals surface area contributed by atoms with Crippen molar-refractivity contribution in [3.63, 3.8) is 0 Å². The fourth-order valence-corrected chi connectivity index (χ4v) is 8.85. The molecule has 0 radical (unpaired) electrons. The molecule has 0 fully saturated rings. The van der Waals surface area contributed by atoms with Crippen molar-refractivity contribution >= 4 is 67.7 Å². The molecule has 14 nitrogen and oxygen atoms in total. The van der Waals surface area contributed by atoms with Gasteiger partial charge in [-0.2, -0.15) is 19.2 Å².